The first-order valence-electron chi connectivity index (χ1n) is 14.4. The minimum absolute atomic E-state index is 0. The molecule has 0 unspecified atom stereocenters. The van der Waals surface area contributed by atoms with Crippen LogP contribution in [0, 0.1) is 12.1 Å². The van der Waals surface area contributed by atoms with Crippen molar-refractivity contribution in [1.29, 1.82) is 0 Å². The van der Waals surface area contributed by atoms with Crippen LogP contribution in [0.3, 0.4) is 0 Å². The molecule has 0 amide bonds. The van der Waals surface area contributed by atoms with Gasteiger partial charge in [0.25, 0.3) is 0 Å². The third-order valence-electron chi connectivity index (χ3n) is 7.63. The Balaban J connectivity index is 0.000000211. The third-order valence-corrected chi connectivity index (χ3v) is 7.63. The van der Waals surface area contributed by atoms with Crippen molar-refractivity contribution in [3.8, 4) is 28.3 Å². The molecule has 0 aliphatic carbocycles. The van der Waals surface area contributed by atoms with Crippen molar-refractivity contribution in [3.05, 3.63) is 158 Å². The second-order valence-corrected chi connectivity index (χ2v) is 10.3. The minimum atomic E-state index is 0. The van der Waals surface area contributed by atoms with E-state index in [2.05, 4.69) is 69.1 Å². The van der Waals surface area contributed by atoms with Crippen LogP contribution in [0.4, 0.5) is 0 Å². The van der Waals surface area contributed by atoms with E-state index in [0.717, 1.165) is 72.2 Å². The van der Waals surface area contributed by atoms with Crippen LogP contribution in [0.25, 0.3) is 72.2 Å². The van der Waals surface area contributed by atoms with E-state index in [9.17, 15) is 0 Å². The summed E-state index contributed by atoms with van der Waals surface area (Å²) in [6.45, 7) is 0. The molecule has 0 fully saturated rings. The van der Waals surface area contributed by atoms with Gasteiger partial charge in [-0.3, -0.25) is 4.98 Å². The molecule has 0 aliphatic rings. The SMILES string of the molecule is [Ir].[c-]1ccc2c(oc3c4ccccc4ccc23)c1-c1nc2cccnc2n1-c1ccccc1.[c-]1ccccc1-c1ccccn1. The summed E-state index contributed by atoms with van der Waals surface area (Å²) in [5.74, 6) is 0.763. The average Bonchev–Trinajstić information content (AvgIpc) is 3.69. The van der Waals surface area contributed by atoms with Crippen molar-refractivity contribution in [2.45, 2.75) is 0 Å². The van der Waals surface area contributed by atoms with E-state index >= 15 is 0 Å². The van der Waals surface area contributed by atoms with E-state index in [-0.39, 0.29) is 20.1 Å². The molecule has 0 bridgehead atoms. The summed E-state index contributed by atoms with van der Waals surface area (Å²) < 4.78 is 8.61. The molecule has 9 aromatic rings. The van der Waals surface area contributed by atoms with Gasteiger partial charge in [0.15, 0.2) is 5.65 Å². The molecule has 4 aromatic heterocycles. The molecule has 0 atom stereocenters. The maximum atomic E-state index is 6.53. The normalized spacial score (nSPS) is 10.9. The summed E-state index contributed by atoms with van der Waals surface area (Å²) in [6.07, 6.45) is 3.58. The van der Waals surface area contributed by atoms with Crippen molar-refractivity contribution in [2.24, 2.45) is 0 Å². The number of benzene rings is 5. The number of aromatic nitrogens is 4. The van der Waals surface area contributed by atoms with Crippen molar-refractivity contribution in [1.82, 2.24) is 19.5 Å². The molecule has 0 saturated carbocycles. The zero-order valence-electron chi connectivity index (χ0n) is 23.9. The van der Waals surface area contributed by atoms with Crippen LogP contribution in [0.2, 0.25) is 0 Å². The fourth-order valence-corrected chi connectivity index (χ4v) is 5.61. The summed E-state index contributed by atoms with van der Waals surface area (Å²) in [6, 6.07) is 50.9. The predicted molar refractivity (Wildman–Crippen MR) is 176 cm³/mol. The first-order chi connectivity index (χ1) is 21.8. The Bertz CT molecular complexity index is 2350. The van der Waals surface area contributed by atoms with Crippen molar-refractivity contribution in [3.63, 3.8) is 0 Å². The standard InChI is InChI=1S/C28H16N3O.C11H8N.Ir/c1-2-9-19(10-3-1)31-27(30-24-14-7-17-29-28(24)31)23-13-6-12-21-22-16-15-18-8-4-5-11-20(18)25(22)32-26(21)23;1-2-6-10(7-3-1)11-8-4-5-9-12-11;/h1-12,14-17H;1-6,8-9H;/q2*-1;. The Morgan fingerprint density at radius 2 is 1.38 bits per heavy atom. The van der Waals surface area contributed by atoms with Crippen LogP contribution >= 0.6 is 0 Å². The van der Waals surface area contributed by atoms with Gasteiger partial charge in [0.2, 0.25) is 0 Å². The van der Waals surface area contributed by atoms with E-state index in [1.54, 1.807) is 12.4 Å². The number of pyridine rings is 2. The van der Waals surface area contributed by atoms with Crippen molar-refractivity contribution < 1.29 is 24.5 Å². The maximum Gasteiger partial charge on any atom is 0.155 e. The fraction of sp³-hybridized carbons (Fsp3) is 0. The quantitative estimate of drug-likeness (QED) is 0.169. The smallest absolute Gasteiger partial charge is 0.155 e. The van der Waals surface area contributed by atoms with Gasteiger partial charge in [-0.15, -0.1) is 54.1 Å². The number of hydrogen-bond donors (Lipinski definition) is 0. The molecular weight excluding hydrogens is 733 g/mol. The zero-order valence-corrected chi connectivity index (χ0v) is 26.3. The molecule has 4 heterocycles. The Hall–Kier alpha value is -5.42. The number of imidazole rings is 1. The molecule has 45 heavy (non-hydrogen) atoms. The predicted octanol–water partition coefficient (Wildman–Crippen LogP) is 9.49. The molecule has 217 valence electrons. The zero-order chi connectivity index (χ0) is 29.3. The number of para-hydroxylation sites is 1. The van der Waals surface area contributed by atoms with Gasteiger partial charge in [-0.25, -0.2) is 4.98 Å². The Kier molecular flexibility index (Phi) is 7.74. The Morgan fingerprint density at radius 1 is 0.578 bits per heavy atom. The van der Waals surface area contributed by atoms with E-state index < -0.39 is 0 Å². The van der Waals surface area contributed by atoms with Crippen LogP contribution in [0.15, 0.2) is 150 Å². The van der Waals surface area contributed by atoms with Gasteiger partial charge in [0, 0.05) is 49.0 Å². The van der Waals surface area contributed by atoms with Gasteiger partial charge in [-0.05, 0) is 41.4 Å². The summed E-state index contributed by atoms with van der Waals surface area (Å²) >= 11 is 0. The van der Waals surface area contributed by atoms with Gasteiger partial charge in [0.1, 0.15) is 5.58 Å². The molecule has 0 N–H and O–H groups in total. The van der Waals surface area contributed by atoms with Crippen LogP contribution in [-0.2, 0) is 20.1 Å². The molecule has 0 spiro atoms. The van der Waals surface area contributed by atoms with Gasteiger partial charge in [-0.1, -0.05) is 77.7 Å². The van der Waals surface area contributed by atoms with E-state index in [1.807, 2.05) is 91.0 Å². The molecule has 9 rings (SSSR count). The minimum Gasteiger partial charge on any atom is -0.500 e. The maximum absolute atomic E-state index is 6.53. The topological polar surface area (TPSA) is 56.7 Å². The van der Waals surface area contributed by atoms with Gasteiger partial charge in [-0.2, -0.15) is 0 Å². The molecule has 0 aliphatic heterocycles. The molecular formula is C39H24IrN4O-2. The fourth-order valence-electron chi connectivity index (χ4n) is 5.61. The average molecular weight is 757 g/mol. The van der Waals surface area contributed by atoms with Crippen LogP contribution in [-0.4, -0.2) is 19.5 Å². The molecule has 1 radical (unpaired) electrons. The number of hydrogen-bond acceptors (Lipinski definition) is 4. The molecule has 5 nitrogen and oxygen atoms in total. The van der Waals surface area contributed by atoms with Gasteiger partial charge < -0.3 is 14.0 Å². The number of furan rings is 1. The molecule has 6 heteroatoms. The van der Waals surface area contributed by atoms with Gasteiger partial charge >= 0.3 is 0 Å². The van der Waals surface area contributed by atoms with Crippen molar-refractivity contribution >= 4 is 43.9 Å². The summed E-state index contributed by atoms with van der Waals surface area (Å²) in [5.41, 5.74) is 7.14. The summed E-state index contributed by atoms with van der Waals surface area (Å²) in [5, 5.41) is 4.41. The Labute approximate surface area is 273 Å². The molecule has 0 saturated heterocycles. The molecule has 5 aromatic carbocycles. The van der Waals surface area contributed by atoms with Crippen LogP contribution < -0.4 is 0 Å². The van der Waals surface area contributed by atoms with E-state index in [1.165, 1.54) is 0 Å². The van der Waals surface area contributed by atoms with Crippen LogP contribution in [0.5, 0.6) is 0 Å². The Morgan fingerprint density at radius 3 is 2.22 bits per heavy atom. The van der Waals surface area contributed by atoms with Gasteiger partial charge in [0.05, 0.1) is 16.9 Å². The first kappa shape index (κ1) is 28.4. The monoisotopic (exact) mass is 757 g/mol. The second kappa shape index (κ2) is 12.3. The summed E-state index contributed by atoms with van der Waals surface area (Å²) in [7, 11) is 0. The second-order valence-electron chi connectivity index (χ2n) is 10.3. The van der Waals surface area contributed by atoms with Crippen LogP contribution in [0.1, 0.15) is 0 Å². The number of rotatable bonds is 3. The number of nitrogens with zero attached hydrogens (tertiary/aromatic N) is 4. The van der Waals surface area contributed by atoms with E-state index in [0.29, 0.717) is 0 Å². The van der Waals surface area contributed by atoms with Crippen molar-refractivity contribution in [2.75, 3.05) is 0 Å². The summed E-state index contributed by atoms with van der Waals surface area (Å²) in [4.78, 5) is 13.8. The number of fused-ring (bicyclic) bond motifs is 6. The first-order valence-corrected chi connectivity index (χ1v) is 14.4. The third kappa shape index (κ3) is 5.21. The van der Waals surface area contributed by atoms with E-state index in [4.69, 9.17) is 9.40 Å². The largest absolute Gasteiger partial charge is 0.500 e.